The van der Waals surface area contributed by atoms with Gasteiger partial charge in [-0.2, -0.15) is 5.26 Å². The molecule has 1 amide bonds. The number of nitrogens with zero attached hydrogens (tertiary/aromatic N) is 2. The summed E-state index contributed by atoms with van der Waals surface area (Å²) >= 11 is 1.47. The highest BCUT2D eigenvalue weighted by molar-refractivity contribution is 7.14. The Balaban J connectivity index is 1.65. The van der Waals surface area contributed by atoms with E-state index in [1.54, 1.807) is 14.0 Å². The van der Waals surface area contributed by atoms with Crippen LogP contribution in [0.2, 0.25) is 0 Å². The Morgan fingerprint density at radius 1 is 1.28 bits per heavy atom. The molecule has 0 aliphatic heterocycles. The fourth-order valence-electron chi connectivity index (χ4n) is 3.84. The average Bonchev–Trinajstić information content (AvgIpc) is 3.22. The Kier molecular flexibility index (Phi) is 5.14. The van der Waals surface area contributed by atoms with Crippen molar-refractivity contribution in [3.8, 4) is 6.07 Å². The maximum atomic E-state index is 12.7. The van der Waals surface area contributed by atoms with Crippen molar-refractivity contribution in [1.82, 2.24) is 4.90 Å². The van der Waals surface area contributed by atoms with Crippen LogP contribution in [0.25, 0.3) is 0 Å². The number of carbonyl (C=O) groups excluding carboxylic acids is 2. The smallest absolute Gasteiger partial charge is 0.349 e. The van der Waals surface area contributed by atoms with Crippen LogP contribution < -0.4 is 0 Å². The maximum Gasteiger partial charge on any atom is 0.349 e. The molecule has 6 heteroatoms. The van der Waals surface area contributed by atoms with Crippen LogP contribution in [0.4, 0.5) is 0 Å². The molecule has 1 fully saturated rings. The van der Waals surface area contributed by atoms with E-state index in [4.69, 9.17) is 4.74 Å². The molecular formula is C19H24N2O3S. The quantitative estimate of drug-likeness (QED) is 0.771. The minimum Gasteiger partial charge on any atom is -0.448 e. The van der Waals surface area contributed by atoms with E-state index in [-0.39, 0.29) is 5.91 Å². The normalized spacial score (nSPS) is 19.6. The molecule has 25 heavy (non-hydrogen) atoms. The van der Waals surface area contributed by atoms with Crippen molar-refractivity contribution >= 4 is 23.2 Å². The van der Waals surface area contributed by atoms with Crippen LogP contribution in [0.1, 0.15) is 65.6 Å². The third kappa shape index (κ3) is 3.43. The molecule has 1 atom stereocenters. The van der Waals surface area contributed by atoms with Crippen molar-refractivity contribution in [2.24, 2.45) is 0 Å². The van der Waals surface area contributed by atoms with Crippen molar-refractivity contribution in [1.29, 1.82) is 5.26 Å². The zero-order valence-corrected chi connectivity index (χ0v) is 15.7. The minimum atomic E-state index is -0.887. The summed E-state index contributed by atoms with van der Waals surface area (Å²) in [5.41, 5.74) is 0.471. The molecule has 1 heterocycles. The first kappa shape index (κ1) is 17.9. The van der Waals surface area contributed by atoms with E-state index in [0.717, 1.165) is 38.5 Å². The molecule has 1 saturated carbocycles. The fraction of sp³-hybridized carbons (Fsp3) is 0.632. The summed E-state index contributed by atoms with van der Waals surface area (Å²) in [7, 11) is 1.65. The molecule has 0 unspecified atom stereocenters. The van der Waals surface area contributed by atoms with Crippen LogP contribution in [-0.4, -0.2) is 35.5 Å². The van der Waals surface area contributed by atoms with Crippen molar-refractivity contribution in [2.75, 3.05) is 7.05 Å². The molecule has 3 rings (SSSR count). The number of likely N-dealkylation sites (N-methyl/N-ethyl adjacent to an activating group) is 1. The highest BCUT2D eigenvalue weighted by Crippen LogP contribution is 2.33. The molecule has 134 valence electrons. The van der Waals surface area contributed by atoms with Crippen molar-refractivity contribution < 1.29 is 14.3 Å². The summed E-state index contributed by atoms with van der Waals surface area (Å²) in [5.74, 6) is -0.746. The van der Waals surface area contributed by atoms with Crippen LogP contribution >= 0.6 is 11.3 Å². The number of nitriles is 1. The van der Waals surface area contributed by atoms with Gasteiger partial charge < -0.3 is 9.64 Å². The van der Waals surface area contributed by atoms with Gasteiger partial charge in [-0.15, -0.1) is 11.3 Å². The first-order chi connectivity index (χ1) is 12.0. The van der Waals surface area contributed by atoms with Gasteiger partial charge in [-0.25, -0.2) is 4.79 Å². The van der Waals surface area contributed by atoms with E-state index >= 15 is 0 Å². The Morgan fingerprint density at radius 2 is 2.00 bits per heavy atom. The molecule has 0 aromatic carbocycles. The molecule has 2 aliphatic carbocycles. The minimum absolute atomic E-state index is 0.305. The van der Waals surface area contributed by atoms with E-state index in [0.29, 0.717) is 17.7 Å². The van der Waals surface area contributed by atoms with Crippen molar-refractivity contribution in [3.05, 3.63) is 21.4 Å². The van der Waals surface area contributed by atoms with Gasteiger partial charge >= 0.3 is 5.97 Å². The Hall–Kier alpha value is -1.87. The van der Waals surface area contributed by atoms with E-state index in [9.17, 15) is 14.9 Å². The highest BCUT2D eigenvalue weighted by Gasteiger charge is 2.40. The second-order valence-corrected chi connectivity index (χ2v) is 8.20. The van der Waals surface area contributed by atoms with Crippen LogP contribution in [0.5, 0.6) is 0 Å². The van der Waals surface area contributed by atoms with E-state index < -0.39 is 17.6 Å². The van der Waals surface area contributed by atoms with Crippen LogP contribution in [0.15, 0.2) is 6.07 Å². The predicted molar refractivity (Wildman–Crippen MR) is 95.4 cm³/mol. The maximum absolute atomic E-state index is 12.7. The summed E-state index contributed by atoms with van der Waals surface area (Å²) < 4.78 is 5.41. The molecule has 2 aliphatic rings. The largest absolute Gasteiger partial charge is 0.448 e. The lowest BCUT2D eigenvalue weighted by Gasteiger charge is -2.39. The Morgan fingerprint density at radius 3 is 2.64 bits per heavy atom. The fourth-order valence-corrected chi connectivity index (χ4v) is 4.98. The summed E-state index contributed by atoms with van der Waals surface area (Å²) in [6.45, 7) is 1.59. The molecule has 0 spiro atoms. The third-order valence-electron chi connectivity index (χ3n) is 5.44. The van der Waals surface area contributed by atoms with E-state index in [2.05, 4.69) is 6.07 Å². The summed E-state index contributed by atoms with van der Waals surface area (Å²) in [6.07, 6.45) is 6.65. The van der Waals surface area contributed by atoms with Gasteiger partial charge in [0.2, 0.25) is 0 Å². The van der Waals surface area contributed by atoms with E-state index in [1.807, 2.05) is 6.07 Å². The van der Waals surface area contributed by atoms with Crippen molar-refractivity contribution in [2.45, 2.75) is 69.9 Å². The van der Waals surface area contributed by atoms with Gasteiger partial charge in [-0.3, -0.25) is 4.79 Å². The topological polar surface area (TPSA) is 70.4 Å². The van der Waals surface area contributed by atoms with Gasteiger partial charge in [0, 0.05) is 11.9 Å². The molecule has 1 aromatic heterocycles. The second kappa shape index (κ2) is 7.17. The highest BCUT2D eigenvalue weighted by atomic mass is 32.1. The number of amides is 1. The number of hydrogen-bond acceptors (Lipinski definition) is 5. The molecule has 0 saturated heterocycles. The van der Waals surface area contributed by atoms with Gasteiger partial charge in [0.25, 0.3) is 5.91 Å². The average molecular weight is 360 g/mol. The molecule has 0 N–H and O–H groups in total. The number of esters is 1. The van der Waals surface area contributed by atoms with Gasteiger partial charge in [0.15, 0.2) is 6.10 Å². The lowest BCUT2D eigenvalue weighted by atomic mass is 9.81. The third-order valence-corrected chi connectivity index (χ3v) is 6.66. The lowest BCUT2D eigenvalue weighted by molar-refractivity contribution is -0.143. The van der Waals surface area contributed by atoms with Crippen molar-refractivity contribution in [3.63, 3.8) is 0 Å². The molecule has 5 nitrogen and oxygen atoms in total. The Labute approximate surface area is 152 Å². The summed E-state index contributed by atoms with van der Waals surface area (Å²) in [5, 5.41) is 9.62. The van der Waals surface area contributed by atoms with Crippen LogP contribution in [0.3, 0.4) is 0 Å². The number of ether oxygens (including phenoxy) is 1. The van der Waals surface area contributed by atoms with Gasteiger partial charge in [0.1, 0.15) is 10.4 Å². The Bertz CT molecular complexity index is 691. The number of fused-ring (bicyclic) bond motifs is 1. The number of hydrogen-bond donors (Lipinski definition) is 0. The van der Waals surface area contributed by atoms with Gasteiger partial charge in [0.05, 0.1) is 6.07 Å². The van der Waals surface area contributed by atoms with E-state index in [1.165, 1.54) is 26.7 Å². The lowest BCUT2D eigenvalue weighted by Crippen LogP contribution is -2.53. The standard InChI is InChI=1S/C19H24N2O3S/c1-13(17(22)21(2)19(12-20)9-4-3-5-10-19)24-18(23)16-11-14-7-6-8-15(14)25-16/h11,13H,3-10H2,1-2H3/t13-/m0/s1. The number of thiophene rings is 1. The molecule has 0 bridgehead atoms. The SMILES string of the molecule is C[C@H](OC(=O)c1cc2c(s1)CCC2)C(=O)N(C)C1(C#N)CCCCC1. The first-order valence-corrected chi connectivity index (χ1v) is 9.80. The predicted octanol–water partition coefficient (Wildman–Crippen LogP) is 3.47. The number of rotatable bonds is 4. The molecular weight excluding hydrogens is 336 g/mol. The zero-order chi connectivity index (χ0) is 18.0. The van der Waals surface area contributed by atoms with Crippen LogP contribution in [0, 0.1) is 11.3 Å². The zero-order valence-electron chi connectivity index (χ0n) is 14.8. The summed E-state index contributed by atoms with van der Waals surface area (Å²) in [4.78, 5) is 28.4. The molecule has 0 radical (unpaired) electrons. The van der Waals surface area contributed by atoms with Gasteiger partial charge in [-0.05, 0) is 50.7 Å². The number of carbonyl (C=O) groups is 2. The second-order valence-electron chi connectivity index (χ2n) is 7.06. The van der Waals surface area contributed by atoms with Gasteiger partial charge in [-0.1, -0.05) is 19.3 Å². The summed E-state index contributed by atoms with van der Waals surface area (Å²) in [6, 6.07) is 4.23. The molecule has 1 aromatic rings. The first-order valence-electron chi connectivity index (χ1n) is 8.98. The number of aryl methyl sites for hydroxylation is 2. The monoisotopic (exact) mass is 360 g/mol. The van der Waals surface area contributed by atoms with Crippen LogP contribution in [-0.2, 0) is 22.4 Å².